The molecule has 0 unspecified atom stereocenters. The lowest BCUT2D eigenvalue weighted by atomic mass is 10.1. The van der Waals surface area contributed by atoms with Crippen LogP contribution in [-0.2, 0) is 13.5 Å². The summed E-state index contributed by atoms with van der Waals surface area (Å²) in [5.41, 5.74) is 5.93. The SMILES string of the molecule is Cn1cc(C(=O)CCc2nc(-c3ccc(O)cn3)no2)c(C(=O)O)c1N. The van der Waals surface area contributed by atoms with Crippen LogP contribution in [0.25, 0.3) is 11.5 Å². The van der Waals surface area contributed by atoms with Gasteiger partial charge in [-0.1, -0.05) is 5.16 Å². The molecule has 3 aromatic rings. The molecule has 134 valence electrons. The third kappa shape index (κ3) is 3.24. The maximum atomic E-state index is 12.4. The highest BCUT2D eigenvalue weighted by molar-refractivity contribution is 6.08. The predicted octanol–water partition coefficient (Wildman–Crippen LogP) is 1.27. The average molecular weight is 357 g/mol. The van der Waals surface area contributed by atoms with Crippen molar-refractivity contribution >= 4 is 17.6 Å². The van der Waals surface area contributed by atoms with Crippen molar-refractivity contribution in [1.29, 1.82) is 0 Å². The Morgan fingerprint density at radius 1 is 1.35 bits per heavy atom. The van der Waals surface area contributed by atoms with E-state index in [2.05, 4.69) is 15.1 Å². The number of carboxylic acid groups (broad SMARTS) is 1. The largest absolute Gasteiger partial charge is 0.506 e. The number of anilines is 1. The molecule has 0 fully saturated rings. The summed E-state index contributed by atoms with van der Waals surface area (Å²) in [6, 6.07) is 2.97. The van der Waals surface area contributed by atoms with Crippen molar-refractivity contribution in [3.8, 4) is 17.3 Å². The van der Waals surface area contributed by atoms with E-state index in [1.807, 2.05) is 0 Å². The fraction of sp³-hybridized carbons (Fsp3) is 0.188. The molecule has 0 atom stereocenters. The number of hydrogen-bond donors (Lipinski definition) is 3. The van der Waals surface area contributed by atoms with Crippen molar-refractivity contribution in [3.63, 3.8) is 0 Å². The van der Waals surface area contributed by atoms with Crippen LogP contribution in [-0.4, -0.2) is 41.7 Å². The van der Waals surface area contributed by atoms with Gasteiger partial charge in [0.15, 0.2) is 5.78 Å². The van der Waals surface area contributed by atoms with Gasteiger partial charge in [-0.05, 0) is 12.1 Å². The quantitative estimate of drug-likeness (QED) is 0.552. The van der Waals surface area contributed by atoms with Crippen LogP contribution in [0.4, 0.5) is 5.82 Å². The van der Waals surface area contributed by atoms with Gasteiger partial charge in [-0.3, -0.25) is 4.79 Å². The fourth-order valence-corrected chi connectivity index (χ4v) is 2.41. The zero-order chi connectivity index (χ0) is 18.8. The van der Waals surface area contributed by atoms with Gasteiger partial charge in [0.25, 0.3) is 0 Å². The Balaban J connectivity index is 1.72. The van der Waals surface area contributed by atoms with Crippen molar-refractivity contribution in [2.75, 3.05) is 5.73 Å². The molecule has 3 aromatic heterocycles. The van der Waals surface area contributed by atoms with Crippen molar-refractivity contribution in [2.24, 2.45) is 7.05 Å². The van der Waals surface area contributed by atoms with E-state index in [-0.39, 0.29) is 47.3 Å². The minimum atomic E-state index is -1.26. The molecule has 0 amide bonds. The smallest absolute Gasteiger partial charge is 0.340 e. The Morgan fingerprint density at radius 2 is 2.12 bits per heavy atom. The van der Waals surface area contributed by atoms with Crippen LogP contribution >= 0.6 is 0 Å². The van der Waals surface area contributed by atoms with Gasteiger partial charge in [-0.2, -0.15) is 4.98 Å². The van der Waals surface area contributed by atoms with Crippen LogP contribution in [0.5, 0.6) is 5.75 Å². The molecule has 0 aliphatic heterocycles. The topological polar surface area (TPSA) is 157 Å². The molecule has 0 saturated carbocycles. The monoisotopic (exact) mass is 357 g/mol. The van der Waals surface area contributed by atoms with Gasteiger partial charge in [0, 0.05) is 26.1 Å². The first-order chi connectivity index (χ1) is 12.4. The van der Waals surface area contributed by atoms with Crippen molar-refractivity contribution in [2.45, 2.75) is 12.8 Å². The molecule has 26 heavy (non-hydrogen) atoms. The number of nitrogen functional groups attached to an aromatic ring is 1. The van der Waals surface area contributed by atoms with Crippen LogP contribution in [0.1, 0.15) is 33.0 Å². The number of nitrogens with two attached hydrogens (primary N) is 1. The first kappa shape index (κ1) is 17.1. The number of aromatic hydroxyl groups is 1. The summed E-state index contributed by atoms with van der Waals surface area (Å²) in [4.78, 5) is 31.8. The highest BCUT2D eigenvalue weighted by atomic mass is 16.5. The third-order valence-electron chi connectivity index (χ3n) is 3.75. The third-order valence-corrected chi connectivity index (χ3v) is 3.75. The van der Waals surface area contributed by atoms with Crippen LogP contribution in [0.3, 0.4) is 0 Å². The van der Waals surface area contributed by atoms with Crippen molar-refractivity contribution in [1.82, 2.24) is 19.7 Å². The van der Waals surface area contributed by atoms with E-state index in [0.29, 0.717) is 5.69 Å². The summed E-state index contributed by atoms with van der Waals surface area (Å²) in [6.07, 6.45) is 2.76. The molecule has 0 radical (unpaired) electrons. The highest BCUT2D eigenvalue weighted by Gasteiger charge is 2.23. The lowest BCUT2D eigenvalue weighted by Crippen LogP contribution is -2.09. The zero-order valence-electron chi connectivity index (χ0n) is 13.7. The fourth-order valence-electron chi connectivity index (χ4n) is 2.41. The number of rotatable bonds is 6. The number of ketones is 1. The summed E-state index contributed by atoms with van der Waals surface area (Å²) in [5.74, 6) is -1.19. The highest BCUT2D eigenvalue weighted by Crippen LogP contribution is 2.22. The number of hydrogen-bond acceptors (Lipinski definition) is 8. The molecular formula is C16H15N5O5. The number of aromatic carboxylic acids is 1. The zero-order valence-corrected chi connectivity index (χ0v) is 13.7. The first-order valence-corrected chi connectivity index (χ1v) is 7.56. The number of carboxylic acids is 1. The Hall–Kier alpha value is -3.69. The van der Waals surface area contributed by atoms with Crippen LogP contribution < -0.4 is 5.73 Å². The Morgan fingerprint density at radius 3 is 2.77 bits per heavy atom. The van der Waals surface area contributed by atoms with E-state index in [1.54, 1.807) is 7.05 Å². The molecule has 0 aromatic carbocycles. The number of carbonyl (C=O) groups is 2. The molecule has 0 spiro atoms. The summed E-state index contributed by atoms with van der Waals surface area (Å²) >= 11 is 0. The van der Waals surface area contributed by atoms with E-state index >= 15 is 0 Å². The van der Waals surface area contributed by atoms with Crippen molar-refractivity contribution in [3.05, 3.63) is 41.5 Å². The van der Waals surface area contributed by atoms with Crippen LogP contribution in [0, 0.1) is 0 Å². The standard InChI is InChI=1S/C16H15N5O5/c1-21-7-9(13(14(21)17)16(24)25)11(23)4-5-12-19-15(20-26-12)10-3-2-8(22)6-18-10/h2-3,6-7,22H,4-5,17H2,1H3,(H,24,25). The number of Topliss-reactive ketones (excluding diaryl/α,β-unsaturated/α-hetero) is 1. The number of aryl methyl sites for hydroxylation is 2. The maximum Gasteiger partial charge on any atom is 0.340 e. The average Bonchev–Trinajstić information content (AvgIpc) is 3.19. The van der Waals surface area contributed by atoms with Gasteiger partial charge in [0.05, 0.1) is 11.8 Å². The molecule has 3 heterocycles. The number of aromatic nitrogens is 4. The molecule has 0 aliphatic rings. The second-order valence-electron chi connectivity index (χ2n) is 5.56. The first-order valence-electron chi connectivity index (χ1n) is 7.56. The van der Waals surface area contributed by atoms with E-state index < -0.39 is 11.8 Å². The molecule has 4 N–H and O–H groups in total. The lowest BCUT2D eigenvalue weighted by Gasteiger charge is -1.99. The van der Waals surface area contributed by atoms with E-state index in [4.69, 9.17) is 10.3 Å². The van der Waals surface area contributed by atoms with Gasteiger partial charge in [-0.25, -0.2) is 9.78 Å². The number of pyridine rings is 1. The second-order valence-corrected chi connectivity index (χ2v) is 5.56. The molecule has 10 heteroatoms. The molecule has 3 rings (SSSR count). The minimum Gasteiger partial charge on any atom is -0.506 e. The molecular weight excluding hydrogens is 342 g/mol. The Bertz CT molecular complexity index is 974. The van der Waals surface area contributed by atoms with Gasteiger partial charge in [-0.15, -0.1) is 0 Å². The van der Waals surface area contributed by atoms with E-state index in [9.17, 15) is 19.8 Å². The summed E-state index contributed by atoms with van der Waals surface area (Å²) < 4.78 is 6.47. The van der Waals surface area contributed by atoms with Gasteiger partial charge >= 0.3 is 5.97 Å². The van der Waals surface area contributed by atoms with Gasteiger partial charge in [0.1, 0.15) is 22.8 Å². The maximum absolute atomic E-state index is 12.4. The van der Waals surface area contributed by atoms with Crippen molar-refractivity contribution < 1.29 is 24.3 Å². The molecule has 10 nitrogen and oxygen atoms in total. The second kappa shape index (κ2) is 6.67. The van der Waals surface area contributed by atoms with E-state index in [1.165, 1.54) is 29.1 Å². The molecule has 0 aliphatic carbocycles. The summed E-state index contributed by atoms with van der Waals surface area (Å²) in [5, 5.41) is 22.2. The minimum absolute atomic E-state index is 0.0133. The lowest BCUT2D eigenvalue weighted by molar-refractivity contribution is 0.0693. The number of nitrogens with zero attached hydrogens (tertiary/aromatic N) is 4. The molecule has 0 saturated heterocycles. The van der Waals surface area contributed by atoms with Crippen LogP contribution in [0.2, 0.25) is 0 Å². The van der Waals surface area contributed by atoms with Gasteiger partial charge in [0.2, 0.25) is 11.7 Å². The normalized spacial score (nSPS) is 10.8. The summed E-state index contributed by atoms with van der Waals surface area (Å²) in [6.45, 7) is 0. The summed E-state index contributed by atoms with van der Waals surface area (Å²) in [7, 11) is 1.56. The number of carbonyl (C=O) groups excluding carboxylic acids is 1. The van der Waals surface area contributed by atoms with Crippen LogP contribution in [0.15, 0.2) is 29.0 Å². The Labute approximate surface area is 146 Å². The Kier molecular flexibility index (Phi) is 4.40. The predicted molar refractivity (Wildman–Crippen MR) is 88.6 cm³/mol. The van der Waals surface area contributed by atoms with E-state index in [0.717, 1.165) is 0 Å². The molecule has 0 bridgehead atoms. The van der Waals surface area contributed by atoms with Gasteiger partial charge < -0.3 is 25.0 Å².